The molecule has 0 spiro atoms. The summed E-state index contributed by atoms with van der Waals surface area (Å²) in [5.41, 5.74) is 3.56. The number of hydrogen-bond acceptors (Lipinski definition) is 5. The Morgan fingerprint density at radius 2 is 1.45 bits per heavy atom. The van der Waals surface area contributed by atoms with Gasteiger partial charge in [-0.2, -0.15) is 0 Å². The SMILES string of the molecule is CN(CCCCN1CCN(C(c2ccccc2)c2ccccc2)CC1)C(=O)/C=C/c1ccc(Oc2ccccc2)nc1. The molecular formula is C36H40N4O2. The number of carbonyl (C=O) groups excluding carboxylic acids is 1. The maximum Gasteiger partial charge on any atom is 0.246 e. The number of rotatable bonds is 12. The zero-order valence-electron chi connectivity index (χ0n) is 24.4. The Hall–Kier alpha value is -4.26. The second-order valence-electron chi connectivity index (χ2n) is 10.7. The van der Waals surface area contributed by atoms with Gasteiger partial charge in [-0.1, -0.05) is 78.9 Å². The molecule has 6 heteroatoms. The summed E-state index contributed by atoms with van der Waals surface area (Å²) < 4.78 is 5.73. The van der Waals surface area contributed by atoms with E-state index in [-0.39, 0.29) is 5.91 Å². The van der Waals surface area contributed by atoms with Crippen molar-refractivity contribution in [1.82, 2.24) is 19.7 Å². The lowest BCUT2D eigenvalue weighted by molar-refractivity contribution is -0.124. The zero-order valence-corrected chi connectivity index (χ0v) is 24.4. The number of carbonyl (C=O) groups is 1. The van der Waals surface area contributed by atoms with E-state index in [1.165, 1.54) is 11.1 Å². The van der Waals surface area contributed by atoms with Crippen LogP contribution in [0, 0.1) is 0 Å². The molecule has 0 unspecified atom stereocenters. The molecule has 1 fully saturated rings. The van der Waals surface area contributed by atoms with E-state index in [0.29, 0.717) is 11.9 Å². The van der Waals surface area contributed by atoms with Crippen molar-refractivity contribution in [3.05, 3.63) is 132 Å². The topological polar surface area (TPSA) is 48.9 Å². The third-order valence-electron chi connectivity index (χ3n) is 7.74. The second kappa shape index (κ2) is 15.1. The first-order valence-electron chi connectivity index (χ1n) is 14.8. The van der Waals surface area contributed by atoms with Crippen LogP contribution in [0.1, 0.15) is 35.6 Å². The van der Waals surface area contributed by atoms with Crippen molar-refractivity contribution in [2.24, 2.45) is 0 Å². The number of para-hydroxylation sites is 1. The van der Waals surface area contributed by atoms with Crippen molar-refractivity contribution in [3.8, 4) is 11.6 Å². The molecule has 0 bridgehead atoms. The molecule has 0 radical (unpaired) electrons. The molecule has 42 heavy (non-hydrogen) atoms. The molecule has 3 aromatic carbocycles. The molecule has 0 atom stereocenters. The van der Waals surface area contributed by atoms with E-state index in [1.54, 1.807) is 23.2 Å². The van der Waals surface area contributed by atoms with Crippen LogP contribution in [0.25, 0.3) is 6.08 Å². The van der Waals surface area contributed by atoms with E-state index in [0.717, 1.165) is 63.4 Å². The Morgan fingerprint density at radius 3 is 2.05 bits per heavy atom. The Bertz CT molecular complexity index is 1350. The highest BCUT2D eigenvalue weighted by Crippen LogP contribution is 2.29. The summed E-state index contributed by atoms with van der Waals surface area (Å²) >= 11 is 0. The molecule has 4 aromatic rings. The van der Waals surface area contributed by atoms with Gasteiger partial charge in [-0.25, -0.2) is 4.98 Å². The second-order valence-corrected chi connectivity index (χ2v) is 10.7. The first-order valence-corrected chi connectivity index (χ1v) is 14.8. The molecule has 1 aliphatic rings. The van der Waals surface area contributed by atoms with Crippen molar-refractivity contribution in [1.29, 1.82) is 0 Å². The lowest BCUT2D eigenvalue weighted by Crippen LogP contribution is -2.48. The maximum atomic E-state index is 12.6. The number of nitrogens with zero attached hydrogens (tertiary/aromatic N) is 4. The predicted molar refractivity (Wildman–Crippen MR) is 169 cm³/mol. The van der Waals surface area contributed by atoms with Gasteiger partial charge in [0.25, 0.3) is 0 Å². The van der Waals surface area contributed by atoms with Crippen LogP contribution < -0.4 is 4.74 Å². The summed E-state index contributed by atoms with van der Waals surface area (Å²) in [5, 5.41) is 0. The highest BCUT2D eigenvalue weighted by Gasteiger charge is 2.26. The van der Waals surface area contributed by atoms with E-state index in [9.17, 15) is 4.79 Å². The minimum Gasteiger partial charge on any atom is -0.439 e. The van der Waals surface area contributed by atoms with E-state index >= 15 is 0 Å². The van der Waals surface area contributed by atoms with E-state index in [4.69, 9.17) is 4.74 Å². The van der Waals surface area contributed by atoms with Crippen LogP contribution in [0.2, 0.25) is 0 Å². The van der Waals surface area contributed by atoms with Crippen LogP contribution in [0.4, 0.5) is 0 Å². The standard InChI is InChI=1S/C36H40N4O2/c1-38(35(41)22-20-30-19-21-34(37-29-30)42-33-17-9-4-10-18-33)23-11-12-24-39-25-27-40(28-26-39)36(31-13-5-2-6-14-31)32-15-7-3-8-16-32/h2-10,13-22,29,36H,11-12,23-28H2,1H3/b22-20+. The maximum absolute atomic E-state index is 12.6. The van der Waals surface area contributed by atoms with Gasteiger partial charge in [0.15, 0.2) is 0 Å². The average Bonchev–Trinajstić information content (AvgIpc) is 3.05. The van der Waals surface area contributed by atoms with Crippen LogP contribution >= 0.6 is 0 Å². The molecule has 6 nitrogen and oxygen atoms in total. The molecule has 5 rings (SSSR count). The molecule has 2 heterocycles. The summed E-state index contributed by atoms with van der Waals surface area (Å²) in [6, 6.07) is 35.2. The largest absolute Gasteiger partial charge is 0.439 e. The van der Waals surface area contributed by atoms with Gasteiger partial charge in [-0.15, -0.1) is 0 Å². The van der Waals surface area contributed by atoms with E-state index < -0.39 is 0 Å². The number of benzene rings is 3. The Balaban J connectivity index is 1.02. The molecule has 1 saturated heterocycles. The fourth-order valence-corrected chi connectivity index (χ4v) is 5.38. The normalized spacial score (nSPS) is 14.3. The average molecular weight is 561 g/mol. The number of likely N-dealkylation sites (N-methyl/N-ethyl adjacent to an activating group) is 1. The number of pyridine rings is 1. The summed E-state index contributed by atoms with van der Waals surface area (Å²) in [6.45, 7) is 6.04. The number of aromatic nitrogens is 1. The number of piperazine rings is 1. The molecule has 1 amide bonds. The molecule has 216 valence electrons. The summed E-state index contributed by atoms with van der Waals surface area (Å²) in [5.74, 6) is 1.27. The third kappa shape index (κ3) is 8.38. The highest BCUT2D eigenvalue weighted by molar-refractivity contribution is 5.91. The smallest absolute Gasteiger partial charge is 0.246 e. The monoisotopic (exact) mass is 560 g/mol. The number of unbranched alkanes of at least 4 members (excludes halogenated alkanes) is 1. The molecule has 0 aliphatic carbocycles. The van der Waals surface area contributed by atoms with Gasteiger partial charge in [0.05, 0.1) is 6.04 Å². The third-order valence-corrected chi connectivity index (χ3v) is 7.74. The summed E-state index contributed by atoms with van der Waals surface area (Å²) in [6.07, 6.45) is 7.19. The first kappa shape index (κ1) is 29.2. The zero-order chi connectivity index (χ0) is 29.0. The minimum atomic E-state index is 0.00101. The van der Waals surface area contributed by atoms with Gasteiger partial charge in [-0.3, -0.25) is 9.69 Å². The van der Waals surface area contributed by atoms with Crippen molar-refractivity contribution < 1.29 is 9.53 Å². The Kier molecular flexibility index (Phi) is 10.5. The van der Waals surface area contributed by atoms with Crippen molar-refractivity contribution in [2.45, 2.75) is 18.9 Å². The van der Waals surface area contributed by atoms with Crippen molar-refractivity contribution in [3.63, 3.8) is 0 Å². The lowest BCUT2D eigenvalue weighted by Gasteiger charge is -2.40. The Labute approximate surface area is 249 Å². The minimum absolute atomic E-state index is 0.00101. The van der Waals surface area contributed by atoms with Gasteiger partial charge in [0.2, 0.25) is 11.8 Å². The highest BCUT2D eigenvalue weighted by atomic mass is 16.5. The van der Waals surface area contributed by atoms with Crippen LogP contribution in [0.3, 0.4) is 0 Å². The van der Waals surface area contributed by atoms with Crippen LogP contribution in [-0.2, 0) is 4.79 Å². The van der Waals surface area contributed by atoms with Crippen LogP contribution in [-0.4, -0.2) is 71.9 Å². The van der Waals surface area contributed by atoms with Gasteiger partial charge >= 0.3 is 0 Å². The quantitative estimate of drug-likeness (QED) is 0.146. The molecule has 1 aliphatic heterocycles. The fourth-order valence-electron chi connectivity index (χ4n) is 5.38. The van der Waals surface area contributed by atoms with Gasteiger partial charge in [0.1, 0.15) is 5.75 Å². The van der Waals surface area contributed by atoms with Crippen LogP contribution in [0.15, 0.2) is 115 Å². The predicted octanol–water partition coefficient (Wildman–Crippen LogP) is 6.53. The lowest BCUT2D eigenvalue weighted by atomic mass is 9.96. The molecule has 0 saturated carbocycles. The van der Waals surface area contributed by atoms with Gasteiger partial charge in [0, 0.05) is 58.1 Å². The summed E-state index contributed by atoms with van der Waals surface area (Å²) in [4.78, 5) is 23.9. The van der Waals surface area contributed by atoms with Gasteiger partial charge in [-0.05, 0) is 60.4 Å². The number of amides is 1. The van der Waals surface area contributed by atoms with Crippen molar-refractivity contribution in [2.75, 3.05) is 46.3 Å². The van der Waals surface area contributed by atoms with Crippen molar-refractivity contribution >= 4 is 12.0 Å². The molecule has 0 N–H and O–H groups in total. The Morgan fingerprint density at radius 1 is 0.833 bits per heavy atom. The summed E-state index contributed by atoms with van der Waals surface area (Å²) in [7, 11) is 1.87. The fraction of sp³-hybridized carbons (Fsp3) is 0.278. The van der Waals surface area contributed by atoms with Crippen LogP contribution in [0.5, 0.6) is 11.6 Å². The first-order chi connectivity index (χ1) is 20.7. The molecular weight excluding hydrogens is 520 g/mol. The van der Waals surface area contributed by atoms with E-state index in [1.807, 2.05) is 49.5 Å². The van der Waals surface area contributed by atoms with Gasteiger partial charge < -0.3 is 14.5 Å². The number of hydrogen-bond donors (Lipinski definition) is 0. The number of ether oxygens (including phenoxy) is 1. The molecule has 1 aromatic heterocycles. The van der Waals surface area contributed by atoms with E-state index in [2.05, 4.69) is 75.4 Å².